The first-order valence-corrected chi connectivity index (χ1v) is 5.97. The SMILES string of the molecule is COCC(OC)c1cccc(-c2cc(C(=O)O)no2)c1. The van der Waals surface area contributed by atoms with Crippen LogP contribution in [-0.2, 0) is 9.47 Å². The van der Waals surface area contributed by atoms with E-state index in [1.54, 1.807) is 14.2 Å². The molecule has 0 aliphatic heterocycles. The van der Waals surface area contributed by atoms with Crippen molar-refractivity contribution in [1.29, 1.82) is 0 Å². The van der Waals surface area contributed by atoms with Crippen LogP contribution >= 0.6 is 0 Å². The lowest BCUT2D eigenvalue weighted by Gasteiger charge is -2.15. The van der Waals surface area contributed by atoms with Crippen molar-refractivity contribution in [3.05, 3.63) is 41.6 Å². The molecule has 1 N–H and O–H groups in total. The summed E-state index contributed by atoms with van der Waals surface area (Å²) in [4.78, 5) is 10.8. The van der Waals surface area contributed by atoms with Gasteiger partial charge in [0.1, 0.15) is 6.10 Å². The summed E-state index contributed by atoms with van der Waals surface area (Å²) in [5.74, 6) is -0.721. The van der Waals surface area contributed by atoms with Gasteiger partial charge in [-0.05, 0) is 11.6 Å². The Bertz CT molecular complexity index is 593. The zero-order valence-corrected chi connectivity index (χ0v) is 11.2. The van der Waals surface area contributed by atoms with E-state index in [4.69, 9.17) is 19.1 Å². The van der Waals surface area contributed by atoms with Gasteiger partial charge in [0, 0.05) is 25.8 Å². The maximum atomic E-state index is 10.8. The molecule has 6 heteroatoms. The summed E-state index contributed by atoms with van der Waals surface area (Å²) in [5, 5.41) is 12.3. The monoisotopic (exact) mass is 277 g/mol. The average Bonchev–Trinajstić information content (AvgIpc) is 2.95. The molecule has 106 valence electrons. The van der Waals surface area contributed by atoms with E-state index in [2.05, 4.69) is 5.16 Å². The molecule has 6 nitrogen and oxygen atoms in total. The van der Waals surface area contributed by atoms with Gasteiger partial charge in [-0.25, -0.2) is 4.79 Å². The molecule has 0 fully saturated rings. The molecule has 1 aromatic heterocycles. The van der Waals surface area contributed by atoms with Gasteiger partial charge in [-0.1, -0.05) is 23.4 Å². The Morgan fingerprint density at radius 1 is 1.40 bits per heavy atom. The van der Waals surface area contributed by atoms with Crippen LogP contribution in [0.3, 0.4) is 0 Å². The molecule has 0 spiro atoms. The number of carbonyl (C=O) groups is 1. The van der Waals surface area contributed by atoms with Crippen molar-refractivity contribution < 1.29 is 23.9 Å². The number of hydrogen-bond donors (Lipinski definition) is 1. The second-order valence-corrected chi connectivity index (χ2v) is 4.19. The minimum absolute atomic E-state index is 0.120. The third-order valence-electron chi connectivity index (χ3n) is 2.87. The number of hydrogen-bond acceptors (Lipinski definition) is 5. The molecule has 2 aromatic rings. The van der Waals surface area contributed by atoms with Gasteiger partial charge < -0.3 is 19.1 Å². The Hall–Kier alpha value is -2.18. The van der Waals surface area contributed by atoms with E-state index < -0.39 is 5.97 Å². The predicted octanol–water partition coefficient (Wildman–Crippen LogP) is 2.37. The Kier molecular flexibility index (Phi) is 4.49. The molecule has 20 heavy (non-hydrogen) atoms. The lowest BCUT2D eigenvalue weighted by atomic mass is 10.0. The Labute approximate surface area is 115 Å². The van der Waals surface area contributed by atoms with E-state index in [-0.39, 0.29) is 11.8 Å². The van der Waals surface area contributed by atoms with Crippen molar-refractivity contribution in [1.82, 2.24) is 5.16 Å². The van der Waals surface area contributed by atoms with Gasteiger partial charge in [0.25, 0.3) is 0 Å². The van der Waals surface area contributed by atoms with E-state index in [1.807, 2.05) is 24.3 Å². The van der Waals surface area contributed by atoms with Crippen molar-refractivity contribution in [2.24, 2.45) is 0 Å². The summed E-state index contributed by atoms with van der Waals surface area (Å²) in [6.45, 7) is 0.427. The van der Waals surface area contributed by atoms with Crippen LogP contribution in [0.1, 0.15) is 22.2 Å². The Morgan fingerprint density at radius 2 is 2.20 bits per heavy atom. The largest absolute Gasteiger partial charge is 0.476 e. The number of ether oxygens (including phenoxy) is 2. The first kappa shape index (κ1) is 14.2. The van der Waals surface area contributed by atoms with Gasteiger partial charge in [-0.2, -0.15) is 0 Å². The van der Waals surface area contributed by atoms with E-state index in [1.165, 1.54) is 6.07 Å². The van der Waals surface area contributed by atoms with Gasteiger partial charge in [-0.3, -0.25) is 0 Å². The highest BCUT2D eigenvalue weighted by molar-refractivity contribution is 5.86. The molecule has 0 bridgehead atoms. The number of nitrogens with zero attached hydrogens (tertiary/aromatic N) is 1. The lowest BCUT2D eigenvalue weighted by molar-refractivity contribution is 0.0275. The van der Waals surface area contributed by atoms with Gasteiger partial charge in [-0.15, -0.1) is 0 Å². The molecule has 2 rings (SSSR count). The molecule has 0 saturated carbocycles. The molecule has 1 atom stereocenters. The summed E-state index contributed by atoms with van der Waals surface area (Å²) < 4.78 is 15.5. The topological polar surface area (TPSA) is 81.8 Å². The highest BCUT2D eigenvalue weighted by Crippen LogP contribution is 2.25. The number of carboxylic acids is 1. The number of benzene rings is 1. The fourth-order valence-electron chi connectivity index (χ4n) is 1.86. The number of methoxy groups -OCH3 is 2. The molecule has 0 aliphatic rings. The van der Waals surface area contributed by atoms with E-state index in [0.717, 1.165) is 11.1 Å². The fraction of sp³-hybridized carbons (Fsp3) is 0.286. The Balaban J connectivity index is 2.30. The molecule has 0 saturated heterocycles. The predicted molar refractivity (Wildman–Crippen MR) is 70.5 cm³/mol. The summed E-state index contributed by atoms with van der Waals surface area (Å²) in [6.07, 6.45) is -0.193. The normalized spacial score (nSPS) is 12.3. The van der Waals surface area contributed by atoms with Crippen LogP contribution in [0.2, 0.25) is 0 Å². The van der Waals surface area contributed by atoms with Crippen molar-refractivity contribution in [2.45, 2.75) is 6.10 Å². The molecule has 1 heterocycles. The maximum Gasteiger partial charge on any atom is 0.358 e. The third-order valence-corrected chi connectivity index (χ3v) is 2.87. The third kappa shape index (κ3) is 3.04. The summed E-state index contributed by atoms with van der Waals surface area (Å²) >= 11 is 0. The lowest BCUT2D eigenvalue weighted by Crippen LogP contribution is -2.08. The number of aromatic nitrogens is 1. The van der Waals surface area contributed by atoms with E-state index in [0.29, 0.717) is 12.4 Å². The van der Waals surface area contributed by atoms with Gasteiger partial charge in [0.15, 0.2) is 11.5 Å². The van der Waals surface area contributed by atoms with Crippen LogP contribution in [0.25, 0.3) is 11.3 Å². The smallest absolute Gasteiger partial charge is 0.358 e. The number of carboxylic acid groups (broad SMARTS) is 1. The fourth-order valence-corrected chi connectivity index (χ4v) is 1.86. The summed E-state index contributed by atoms with van der Waals surface area (Å²) in [7, 11) is 3.21. The summed E-state index contributed by atoms with van der Waals surface area (Å²) in [5.41, 5.74) is 1.53. The number of rotatable bonds is 6. The first-order chi connectivity index (χ1) is 9.65. The minimum atomic E-state index is -1.12. The zero-order chi connectivity index (χ0) is 14.5. The van der Waals surface area contributed by atoms with E-state index in [9.17, 15) is 4.79 Å². The van der Waals surface area contributed by atoms with Crippen LogP contribution < -0.4 is 0 Å². The van der Waals surface area contributed by atoms with Gasteiger partial charge >= 0.3 is 5.97 Å². The molecular weight excluding hydrogens is 262 g/mol. The zero-order valence-electron chi connectivity index (χ0n) is 11.2. The van der Waals surface area contributed by atoms with Crippen molar-refractivity contribution in [3.63, 3.8) is 0 Å². The van der Waals surface area contributed by atoms with Gasteiger partial charge in [0.2, 0.25) is 0 Å². The number of aromatic carboxylic acids is 1. The highest BCUT2D eigenvalue weighted by Gasteiger charge is 2.15. The Morgan fingerprint density at radius 3 is 2.80 bits per heavy atom. The van der Waals surface area contributed by atoms with Crippen LogP contribution in [0, 0.1) is 0 Å². The molecular formula is C14H15NO5. The average molecular weight is 277 g/mol. The van der Waals surface area contributed by atoms with Gasteiger partial charge in [0.05, 0.1) is 6.61 Å². The van der Waals surface area contributed by atoms with E-state index >= 15 is 0 Å². The van der Waals surface area contributed by atoms with Crippen LogP contribution in [0.15, 0.2) is 34.9 Å². The molecule has 0 radical (unpaired) electrons. The molecule has 0 aliphatic carbocycles. The van der Waals surface area contributed by atoms with Crippen molar-refractivity contribution in [3.8, 4) is 11.3 Å². The molecule has 1 unspecified atom stereocenters. The van der Waals surface area contributed by atoms with Crippen LogP contribution in [-0.4, -0.2) is 37.1 Å². The highest BCUT2D eigenvalue weighted by atomic mass is 16.5. The van der Waals surface area contributed by atoms with Crippen molar-refractivity contribution >= 4 is 5.97 Å². The molecule has 0 amide bonds. The second kappa shape index (κ2) is 6.31. The standard InChI is InChI=1S/C14H15NO5/c1-18-8-13(19-2)10-5-3-4-9(6-10)12-7-11(14(16)17)15-20-12/h3-7,13H,8H2,1-2H3,(H,16,17). The van der Waals surface area contributed by atoms with Crippen LogP contribution in [0.4, 0.5) is 0 Å². The van der Waals surface area contributed by atoms with Crippen LogP contribution in [0.5, 0.6) is 0 Å². The minimum Gasteiger partial charge on any atom is -0.476 e. The molecule has 1 aromatic carbocycles. The first-order valence-electron chi connectivity index (χ1n) is 5.97. The summed E-state index contributed by atoms with van der Waals surface area (Å²) in [6, 6.07) is 8.81. The maximum absolute atomic E-state index is 10.8. The quantitative estimate of drug-likeness (QED) is 0.873. The van der Waals surface area contributed by atoms with Crippen molar-refractivity contribution in [2.75, 3.05) is 20.8 Å². The second-order valence-electron chi connectivity index (χ2n) is 4.19.